The Labute approximate surface area is 60.4 Å². The van der Waals surface area contributed by atoms with Gasteiger partial charge in [-0.25, -0.2) is 0 Å². The van der Waals surface area contributed by atoms with Crippen LogP contribution >= 0.6 is 10.8 Å². The first kappa shape index (κ1) is 6.60. The zero-order chi connectivity index (χ0) is 5.98. The summed E-state index contributed by atoms with van der Waals surface area (Å²) in [7, 11) is 1.93. The minimum atomic E-state index is 0.155. The quantitative estimate of drug-likeness (QED) is 0.387. The molecular formula is C5H6S3. The molecular weight excluding hydrogens is 156 g/mol. The maximum absolute atomic E-state index is 5.18. The van der Waals surface area contributed by atoms with Crippen LogP contribution in [0, 0.1) is 12.3 Å². The van der Waals surface area contributed by atoms with Gasteiger partial charge in [-0.05, 0) is 17.6 Å². The van der Waals surface area contributed by atoms with Crippen LogP contribution in [0.2, 0.25) is 0 Å². The molecule has 0 aromatic carbocycles. The van der Waals surface area contributed by atoms with Crippen LogP contribution in [-0.4, -0.2) is 11.0 Å². The van der Waals surface area contributed by atoms with Crippen LogP contribution in [0.3, 0.4) is 0 Å². The van der Waals surface area contributed by atoms with Crippen molar-refractivity contribution in [3.63, 3.8) is 0 Å². The van der Waals surface area contributed by atoms with Crippen LogP contribution in [-0.2, 0) is 19.7 Å². The molecule has 3 heteroatoms. The Morgan fingerprint density at radius 1 is 1.88 bits per heavy atom. The van der Waals surface area contributed by atoms with Crippen LogP contribution in [0.5, 0.6) is 0 Å². The topological polar surface area (TPSA) is 0 Å². The van der Waals surface area contributed by atoms with Gasteiger partial charge in [0.1, 0.15) is 0 Å². The van der Waals surface area contributed by atoms with Crippen LogP contribution in [0.15, 0.2) is 0 Å². The average Bonchev–Trinajstić information content (AvgIpc) is 2.14. The standard InChI is InChI=1S/C5H6S3/c1-2-5-3-4-8(6)7-5/h1,5H,3-4H2. The summed E-state index contributed by atoms with van der Waals surface area (Å²) in [4.78, 5) is 0. The molecule has 1 fully saturated rings. The second kappa shape index (κ2) is 2.86. The van der Waals surface area contributed by atoms with Crippen molar-refractivity contribution in [1.82, 2.24) is 0 Å². The third kappa shape index (κ3) is 1.48. The van der Waals surface area contributed by atoms with E-state index in [9.17, 15) is 0 Å². The predicted octanol–water partition coefficient (Wildman–Crippen LogP) is 1.12. The fraction of sp³-hybridized carbons (Fsp3) is 0.600. The SMILES string of the molecule is C#CC1CCS(=S)S1. The minimum absolute atomic E-state index is 0.155. The molecule has 0 bridgehead atoms. The summed E-state index contributed by atoms with van der Waals surface area (Å²) in [6, 6.07) is 0. The molecule has 0 aliphatic carbocycles. The summed E-state index contributed by atoms with van der Waals surface area (Å²) in [5.74, 6) is 3.85. The fourth-order valence-electron chi connectivity index (χ4n) is 0.540. The van der Waals surface area contributed by atoms with E-state index in [0.29, 0.717) is 5.25 Å². The van der Waals surface area contributed by atoms with Gasteiger partial charge in [0.2, 0.25) is 0 Å². The Morgan fingerprint density at radius 2 is 2.62 bits per heavy atom. The lowest BCUT2D eigenvalue weighted by Gasteiger charge is -1.90. The molecule has 0 nitrogen and oxygen atoms in total. The Morgan fingerprint density at radius 3 is 2.88 bits per heavy atom. The first-order valence-corrected chi connectivity index (χ1v) is 6.06. The molecule has 0 spiro atoms. The van der Waals surface area contributed by atoms with Crippen molar-refractivity contribution in [2.45, 2.75) is 11.7 Å². The largest absolute Gasteiger partial charge is 0.119 e. The lowest BCUT2D eigenvalue weighted by atomic mass is 10.3. The number of hydrogen-bond acceptors (Lipinski definition) is 2. The second-order valence-corrected chi connectivity index (χ2v) is 6.95. The van der Waals surface area contributed by atoms with E-state index in [-0.39, 0.29) is 8.49 Å². The Balaban J connectivity index is 2.47. The van der Waals surface area contributed by atoms with Crippen molar-refractivity contribution in [3.05, 3.63) is 0 Å². The van der Waals surface area contributed by atoms with Crippen LogP contribution in [0.1, 0.15) is 6.42 Å². The average molecular weight is 162 g/mol. The molecule has 44 valence electrons. The summed E-state index contributed by atoms with van der Waals surface area (Å²) in [6.45, 7) is 0. The van der Waals surface area contributed by atoms with Crippen molar-refractivity contribution in [2.75, 3.05) is 5.75 Å². The molecule has 0 amide bonds. The first-order chi connectivity index (χ1) is 3.83. The highest BCUT2D eigenvalue weighted by molar-refractivity contribution is 8.83. The van der Waals surface area contributed by atoms with Gasteiger partial charge in [-0.15, -0.1) is 6.42 Å². The number of rotatable bonds is 0. The molecule has 0 aromatic heterocycles. The summed E-state index contributed by atoms with van der Waals surface area (Å²) in [6.07, 6.45) is 6.32. The molecule has 0 saturated carbocycles. The maximum Gasteiger partial charge on any atom is 0.0768 e. The van der Waals surface area contributed by atoms with Gasteiger partial charge in [-0.2, -0.15) is 0 Å². The lowest BCUT2D eigenvalue weighted by Crippen LogP contribution is -1.88. The van der Waals surface area contributed by atoms with E-state index < -0.39 is 0 Å². The third-order valence-corrected chi connectivity index (χ3v) is 5.39. The molecule has 0 N–H and O–H groups in total. The van der Waals surface area contributed by atoms with Gasteiger partial charge in [0, 0.05) is 5.75 Å². The van der Waals surface area contributed by atoms with E-state index in [1.807, 2.05) is 0 Å². The van der Waals surface area contributed by atoms with Crippen LogP contribution in [0.4, 0.5) is 0 Å². The van der Waals surface area contributed by atoms with Crippen molar-refractivity contribution in [1.29, 1.82) is 0 Å². The van der Waals surface area contributed by atoms with E-state index in [0.717, 1.165) is 12.2 Å². The van der Waals surface area contributed by atoms with E-state index in [2.05, 4.69) is 5.92 Å². The van der Waals surface area contributed by atoms with Crippen molar-refractivity contribution in [2.24, 2.45) is 0 Å². The molecule has 0 aromatic rings. The van der Waals surface area contributed by atoms with Gasteiger partial charge in [0.25, 0.3) is 0 Å². The molecule has 2 unspecified atom stereocenters. The molecule has 1 rings (SSSR count). The summed E-state index contributed by atoms with van der Waals surface area (Å²) in [5, 5.41) is 0.427. The van der Waals surface area contributed by atoms with E-state index in [4.69, 9.17) is 17.6 Å². The Kier molecular flexibility index (Phi) is 2.36. The van der Waals surface area contributed by atoms with Gasteiger partial charge in [-0.3, -0.25) is 0 Å². The third-order valence-electron chi connectivity index (χ3n) is 0.956. The van der Waals surface area contributed by atoms with E-state index in [1.165, 1.54) is 0 Å². The first-order valence-electron chi connectivity index (χ1n) is 2.34. The number of terminal acetylenes is 1. The van der Waals surface area contributed by atoms with E-state index in [1.54, 1.807) is 10.8 Å². The van der Waals surface area contributed by atoms with Gasteiger partial charge in [0.05, 0.1) is 5.25 Å². The van der Waals surface area contributed by atoms with Crippen molar-refractivity contribution in [3.8, 4) is 12.3 Å². The molecule has 2 atom stereocenters. The van der Waals surface area contributed by atoms with Crippen LogP contribution < -0.4 is 0 Å². The molecule has 0 radical (unpaired) electrons. The monoisotopic (exact) mass is 162 g/mol. The zero-order valence-corrected chi connectivity index (χ0v) is 6.74. The predicted molar refractivity (Wildman–Crippen MR) is 44.4 cm³/mol. The van der Waals surface area contributed by atoms with Gasteiger partial charge in [-0.1, -0.05) is 25.2 Å². The van der Waals surface area contributed by atoms with Gasteiger partial charge in [0.15, 0.2) is 0 Å². The highest BCUT2D eigenvalue weighted by atomic mass is 33.3. The van der Waals surface area contributed by atoms with E-state index >= 15 is 0 Å². The number of hydrogen-bond donors (Lipinski definition) is 0. The van der Waals surface area contributed by atoms with Gasteiger partial charge < -0.3 is 0 Å². The minimum Gasteiger partial charge on any atom is -0.119 e. The van der Waals surface area contributed by atoms with Crippen LogP contribution in [0.25, 0.3) is 0 Å². The second-order valence-electron chi connectivity index (χ2n) is 1.55. The molecule has 8 heavy (non-hydrogen) atoms. The maximum atomic E-state index is 5.18. The summed E-state index contributed by atoms with van der Waals surface area (Å²) in [5.41, 5.74) is 0. The molecule has 1 saturated heterocycles. The highest BCUT2D eigenvalue weighted by Crippen LogP contribution is 2.27. The highest BCUT2D eigenvalue weighted by Gasteiger charge is 2.15. The van der Waals surface area contributed by atoms with Gasteiger partial charge >= 0.3 is 0 Å². The Bertz CT molecular complexity index is 144. The normalized spacial score (nSPS) is 36.9. The zero-order valence-electron chi connectivity index (χ0n) is 4.29. The summed E-state index contributed by atoms with van der Waals surface area (Å²) >= 11 is 5.04. The molecule has 1 heterocycles. The smallest absolute Gasteiger partial charge is 0.0768 e. The Hall–Kier alpha value is 0.480. The van der Waals surface area contributed by atoms with Crippen molar-refractivity contribution >= 4 is 30.5 Å². The fourth-order valence-corrected chi connectivity index (χ4v) is 4.69. The molecule has 1 aliphatic heterocycles. The summed E-state index contributed by atoms with van der Waals surface area (Å²) < 4.78 is 0. The lowest BCUT2D eigenvalue weighted by molar-refractivity contribution is 1.04. The molecule has 1 aliphatic rings. The van der Waals surface area contributed by atoms with Crippen molar-refractivity contribution < 1.29 is 0 Å².